The van der Waals surface area contributed by atoms with Gasteiger partial charge >= 0.3 is 0 Å². The number of nitrogens with zero attached hydrogens (tertiary/aromatic N) is 2. The van der Waals surface area contributed by atoms with Crippen molar-refractivity contribution in [2.24, 2.45) is 0 Å². The number of nitriles is 1. The van der Waals surface area contributed by atoms with Gasteiger partial charge in [-0.2, -0.15) is 5.26 Å². The summed E-state index contributed by atoms with van der Waals surface area (Å²) in [7, 11) is 0. The Bertz CT molecular complexity index is 432. The minimum absolute atomic E-state index is 0.0713. The number of nitrogens with one attached hydrogen (secondary N) is 1. The lowest BCUT2D eigenvalue weighted by molar-refractivity contribution is 0.583. The summed E-state index contributed by atoms with van der Waals surface area (Å²) in [5.74, 6) is 0. The van der Waals surface area contributed by atoms with Crippen LogP contribution in [0, 0.1) is 18.3 Å². The van der Waals surface area contributed by atoms with Crippen LogP contribution in [0.4, 0.5) is 5.69 Å². The van der Waals surface area contributed by atoms with Gasteiger partial charge in [0.25, 0.3) is 0 Å². The molecule has 2 rings (SSSR count). The Labute approximate surface area is 109 Å². The Balaban J connectivity index is 2.01. The third-order valence-corrected chi connectivity index (χ3v) is 3.32. The minimum Gasteiger partial charge on any atom is -0.369 e. The van der Waals surface area contributed by atoms with Gasteiger partial charge in [-0.05, 0) is 44.4 Å². The maximum Gasteiger partial charge on any atom is 0.113 e. The zero-order valence-corrected chi connectivity index (χ0v) is 11.2. The molecule has 0 radical (unpaired) electrons. The first kappa shape index (κ1) is 12.9. The summed E-state index contributed by atoms with van der Waals surface area (Å²) in [5.41, 5.74) is 2.46. The van der Waals surface area contributed by atoms with Crippen LogP contribution >= 0.6 is 0 Å². The molecule has 1 aromatic rings. The average Bonchev–Trinajstić information content (AvgIpc) is 3.18. The van der Waals surface area contributed by atoms with E-state index in [9.17, 15) is 5.26 Å². The second-order valence-corrected chi connectivity index (χ2v) is 5.00. The molecule has 1 unspecified atom stereocenters. The smallest absolute Gasteiger partial charge is 0.113 e. The molecule has 96 valence electrons. The van der Waals surface area contributed by atoms with Crippen LogP contribution in [-0.2, 0) is 0 Å². The Hall–Kier alpha value is -1.53. The van der Waals surface area contributed by atoms with Gasteiger partial charge in [-0.15, -0.1) is 0 Å². The number of hydrogen-bond donors (Lipinski definition) is 1. The van der Waals surface area contributed by atoms with Gasteiger partial charge in [0, 0.05) is 24.8 Å². The lowest BCUT2D eigenvalue weighted by atomic mass is 10.2. The SMILES string of the molecule is CCN(CC(C#N)NC1CC1)c1cccc(C)c1. The molecule has 0 spiro atoms. The van der Waals surface area contributed by atoms with Crippen LogP contribution < -0.4 is 10.2 Å². The number of likely N-dealkylation sites (N-methyl/N-ethyl adjacent to an activating group) is 1. The van der Waals surface area contributed by atoms with Gasteiger partial charge in [0.05, 0.1) is 6.07 Å². The molecule has 0 heterocycles. The fraction of sp³-hybridized carbons (Fsp3) is 0.533. The molecule has 18 heavy (non-hydrogen) atoms. The first-order valence-corrected chi connectivity index (χ1v) is 6.70. The van der Waals surface area contributed by atoms with E-state index in [0.29, 0.717) is 6.04 Å². The summed E-state index contributed by atoms with van der Waals surface area (Å²) >= 11 is 0. The molecule has 1 fully saturated rings. The fourth-order valence-corrected chi connectivity index (χ4v) is 2.13. The van der Waals surface area contributed by atoms with E-state index in [1.807, 2.05) is 0 Å². The highest BCUT2D eigenvalue weighted by Gasteiger charge is 2.25. The van der Waals surface area contributed by atoms with Crippen LogP contribution in [0.1, 0.15) is 25.3 Å². The lowest BCUT2D eigenvalue weighted by Gasteiger charge is -2.26. The Kier molecular flexibility index (Phi) is 4.22. The standard InChI is InChI=1S/C15H21N3/c1-3-18(15-6-4-5-12(2)9-15)11-14(10-16)17-13-7-8-13/h4-6,9,13-14,17H,3,7-8,11H2,1-2H3. The largest absolute Gasteiger partial charge is 0.369 e. The van der Waals surface area contributed by atoms with Gasteiger partial charge in [-0.3, -0.25) is 5.32 Å². The molecular weight excluding hydrogens is 222 g/mol. The van der Waals surface area contributed by atoms with Gasteiger partial charge in [-0.25, -0.2) is 0 Å². The van der Waals surface area contributed by atoms with E-state index in [4.69, 9.17) is 0 Å². The predicted molar refractivity (Wildman–Crippen MR) is 74.6 cm³/mol. The molecular formula is C15H21N3. The Morgan fingerprint density at radius 3 is 2.83 bits per heavy atom. The predicted octanol–water partition coefficient (Wildman–Crippen LogP) is 2.47. The van der Waals surface area contributed by atoms with Crippen LogP contribution in [0.5, 0.6) is 0 Å². The van der Waals surface area contributed by atoms with Crippen LogP contribution in [-0.4, -0.2) is 25.2 Å². The topological polar surface area (TPSA) is 39.1 Å². The zero-order valence-electron chi connectivity index (χ0n) is 11.2. The van der Waals surface area contributed by atoms with Gasteiger partial charge < -0.3 is 4.90 Å². The first-order chi connectivity index (χ1) is 8.72. The summed E-state index contributed by atoms with van der Waals surface area (Å²) < 4.78 is 0. The number of anilines is 1. The monoisotopic (exact) mass is 243 g/mol. The van der Waals surface area contributed by atoms with E-state index in [-0.39, 0.29) is 6.04 Å². The summed E-state index contributed by atoms with van der Waals surface area (Å²) in [6.45, 7) is 5.91. The van der Waals surface area contributed by atoms with E-state index in [1.54, 1.807) is 0 Å². The minimum atomic E-state index is -0.0713. The maximum absolute atomic E-state index is 9.21. The van der Waals surface area contributed by atoms with Gasteiger partial charge in [0.15, 0.2) is 0 Å². The molecule has 0 saturated heterocycles. The number of rotatable bonds is 6. The van der Waals surface area contributed by atoms with Crippen LogP contribution in [0.15, 0.2) is 24.3 Å². The Morgan fingerprint density at radius 1 is 1.50 bits per heavy atom. The molecule has 0 aliphatic heterocycles. The van der Waals surface area contributed by atoms with Crippen molar-refractivity contribution < 1.29 is 0 Å². The Morgan fingerprint density at radius 2 is 2.28 bits per heavy atom. The molecule has 0 bridgehead atoms. The second kappa shape index (κ2) is 5.88. The van der Waals surface area contributed by atoms with Crippen molar-refractivity contribution in [3.05, 3.63) is 29.8 Å². The van der Waals surface area contributed by atoms with E-state index in [2.05, 4.69) is 54.4 Å². The van der Waals surface area contributed by atoms with Gasteiger partial charge in [-0.1, -0.05) is 12.1 Å². The number of benzene rings is 1. The zero-order chi connectivity index (χ0) is 13.0. The van der Waals surface area contributed by atoms with Crippen LogP contribution in [0.25, 0.3) is 0 Å². The maximum atomic E-state index is 9.21. The average molecular weight is 243 g/mol. The van der Waals surface area contributed by atoms with E-state index in [1.165, 1.54) is 24.1 Å². The molecule has 1 aliphatic rings. The van der Waals surface area contributed by atoms with Crippen molar-refractivity contribution in [1.82, 2.24) is 5.32 Å². The fourth-order valence-electron chi connectivity index (χ4n) is 2.13. The molecule has 0 aromatic heterocycles. The van der Waals surface area contributed by atoms with Crippen molar-refractivity contribution in [2.45, 2.75) is 38.8 Å². The normalized spacial score (nSPS) is 16.1. The highest BCUT2D eigenvalue weighted by molar-refractivity contribution is 5.48. The van der Waals surface area contributed by atoms with E-state index in [0.717, 1.165) is 13.1 Å². The number of hydrogen-bond acceptors (Lipinski definition) is 3. The highest BCUT2D eigenvalue weighted by Crippen LogP contribution is 2.20. The second-order valence-electron chi connectivity index (χ2n) is 5.00. The molecule has 1 atom stereocenters. The summed E-state index contributed by atoms with van der Waals surface area (Å²) in [5, 5.41) is 12.6. The van der Waals surface area contributed by atoms with Crippen molar-refractivity contribution in [1.29, 1.82) is 5.26 Å². The molecule has 1 aromatic carbocycles. The summed E-state index contributed by atoms with van der Waals surface area (Å²) in [6.07, 6.45) is 2.43. The molecule has 1 saturated carbocycles. The van der Waals surface area contributed by atoms with Crippen molar-refractivity contribution in [3.63, 3.8) is 0 Å². The first-order valence-electron chi connectivity index (χ1n) is 6.70. The van der Waals surface area contributed by atoms with E-state index >= 15 is 0 Å². The summed E-state index contributed by atoms with van der Waals surface area (Å²) in [4.78, 5) is 2.26. The lowest BCUT2D eigenvalue weighted by Crippen LogP contribution is -2.41. The van der Waals surface area contributed by atoms with Crippen LogP contribution in [0.3, 0.4) is 0 Å². The van der Waals surface area contributed by atoms with Gasteiger partial charge in [0.2, 0.25) is 0 Å². The highest BCUT2D eigenvalue weighted by atomic mass is 15.2. The molecule has 1 N–H and O–H groups in total. The molecule has 0 amide bonds. The molecule has 1 aliphatic carbocycles. The molecule has 3 heteroatoms. The third-order valence-electron chi connectivity index (χ3n) is 3.32. The van der Waals surface area contributed by atoms with Crippen molar-refractivity contribution in [3.8, 4) is 6.07 Å². The van der Waals surface area contributed by atoms with Crippen molar-refractivity contribution >= 4 is 5.69 Å². The summed E-state index contributed by atoms with van der Waals surface area (Å²) in [6, 6.07) is 11.3. The third kappa shape index (κ3) is 3.48. The molecule has 3 nitrogen and oxygen atoms in total. The van der Waals surface area contributed by atoms with Crippen molar-refractivity contribution in [2.75, 3.05) is 18.0 Å². The quantitative estimate of drug-likeness (QED) is 0.834. The van der Waals surface area contributed by atoms with Crippen LogP contribution in [0.2, 0.25) is 0 Å². The van der Waals surface area contributed by atoms with Gasteiger partial charge in [0.1, 0.15) is 6.04 Å². The van der Waals surface area contributed by atoms with E-state index < -0.39 is 0 Å². The number of aryl methyl sites for hydroxylation is 1.